The zero-order valence-electron chi connectivity index (χ0n) is 14.3. The van der Waals surface area contributed by atoms with E-state index in [1.165, 1.54) is 18.2 Å². The van der Waals surface area contributed by atoms with Crippen molar-refractivity contribution in [2.75, 3.05) is 19.6 Å². The molecule has 0 spiro atoms. The second kappa shape index (κ2) is 6.57. The van der Waals surface area contributed by atoms with Crippen molar-refractivity contribution in [3.8, 4) is 0 Å². The number of hydrogen-bond acceptors (Lipinski definition) is 5. The number of benzene rings is 1. The number of aromatic carboxylic acids is 1. The Balaban J connectivity index is 1.31. The van der Waals surface area contributed by atoms with Crippen LogP contribution in [-0.4, -0.2) is 67.6 Å². The molecule has 2 atom stereocenters. The number of nitrogens with zero attached hydrogens (tertiary/aromatic N) is 5. The molecule has 0 amide bonds. The molecule has 0 aliphatic carbocycles. The van der Waals surface area contributed by atoms with E-state index in [-0.39, 0.29) is 11.7 Å². The first-order valence-corrected chi connectivity index (χ1v) is 8.77. The molecule has 1 aromatic heterocycles. The molecule has 4 rings (SSSR count). The molecule has 0 saturated carbocycles. The molecule has 1 N–H and O–H groups in total. The number of aromatic nitrogens is 3. The van der Waals surface area contributed by atoms with Gasteiger partial charge in [-0.1, -0.05) is 35.5 Å². The highest BCUT2D eigenvalue weighted by Crippen LogP contribution is 2.30. The van der Waals surface area contributed by atoms with Gasteiger partial charge >= 0.3 is 5.97 Å². The van der Waals surface area contributed by atoms with E-state index in [1.807, 2.05) is 0 Å². The lowest BCUT2D eigenvalue weighted by atomic mass is 10.0. The average Bonchev–Trinajstić information content (AvgIpc) is 3.15. The molecule has 1 aromatic carbocycles. The maximum atomic E-state index is 10.9. The molecule has 2 fully saturated rings. The van der Waals surface area contributed by atoms with Crippen LogP contribution in [0.15, 0.2) is 36.5 Å². The summed E-state index contributed by atoms with van der Waals surface area (Å²) in [4.78, 5) is 15.9. The normalized spacial score (nSPS) is 25.2. The fourth-order valence-corrected chi connectivity index (χ4v) is 3.88. The minimum absolute atomic E-state index is 0.0157. The molecule has 0 bridgehead atoms. The van der Waals surface area contributed by atoms with Crippen LogP contribution in [0, 0.1) is 0 Å². The summed E-state index contributed by atoms with van der Waals surface area (Å²) >= 11 is 0. The molecule has 25 heavy (non-hydrogen) atoms. The van der Waals surface area contributed by atoms with E-state index < -0.39 is 5.97 Å². The molecule has 7 nitrogen and oxygen atoms in total. The zero-order valence-corrected chi connectivity index (χ0v) is 14.3. The zero-order chi connectivity index (χ0) is 17.4. The van der Waals surface area contributed by atoms with Gasteiger partial charge in [0.2, 0.25) is 0 Å². The highest BCUT2D eigenvalue weighted by atomic mass is 16.4. The summed E-state index contributed by atoms with van der Waals surface area (Å²) in [7, 11) is 0. The van der Waals surface area contributed by atoms with Gasteiger partial charge < -0.3 is 5.11 Å². The molecule has 2 aromatic rings. The summed E-state index contributed by atoms with van der Waals surface area (Å²) in [6.07, 6.45) is 2.71. The van der Waals surface area contributed by atoms with Gasteiger partial charge in [0, 0.05) is 38.3 Å². The first-order valence-electron chi connectivity index (χ1n) is 8.77. The third-order valence-electron chi connectivity index (χ3n) is 5.42. The van der Waals surface area contributed by atoms with E-state index in [0.717, 1.165) is 26.2 Å². The maximum absolute atomic E-state index is 10.9. The molecule has 7 heteroatoms. The van der Waals surface area contributed by atoms with Crippen LogP contribution in [0.2, 0.25) is 0 Å². The number of carbonyl (C=O) groups is 1. The van der Waals surface area contributed by atoms with Gasteiger partial charge in [-0.15, -0.1) is 5.10 Å². The topological polar surface area (TPSA) is 74.5 Å². The minimum atomic E-state index is -1.02. The van der Waals surface area contributed by atoms with E-state index >= 15 is 0 Å². The summed E-state index contributed by atoms with van der Waals surface area (Å²) in [5, 5.41) is 16.6. The van der Waals surface area contributed by atoms with E-state index in [4.69, 9.17) is 5.11 Å². The van der Waals surface area contributed by atoms with Crippen molar-refractivity contribution in [3.05, 3.63) is 47.8 Å². The second-order valence-corrected chi connectivity index (χ2v) is 7.15. The Morgan fingerprint density at radius 2 is 1.96 bits per heavy atom. The third-order valence-corrected chi connectivity index (χ3v) is 5.42. The average molecular weight is 341 g/mol. The van der Waals surface area contributed by atoms with Gasteiger partial charge in [-0.2, -0.15) is 0 Å². The van der Waals surface area contributed by atoms with Crippen molar-refractivity contribution in [1.29, 1.82) is 0 Å². The highest BCUT2D eigenvalue weighted by molar-refractivity contribution is 5.84. The first kappa shape index (κ1) is 16.2. The fraction of sp³-hybridized carbons (Fsp3) is 0.500. The lowest BCUT2D eigenvalue weighted by molar-refractivity contribution is 0.0544. The lowest BCUT2D eigenvalue weighted by Crippen LogP contribution is -2.53. The van der Waals surface area contributed by atoms with Crippen molar-refractivity contribution >= 4 is 5.97 Å². The van der Waals surface area contributed by atoms with Gasteiger partial charge in [0.05, 0.1) is 12.2 Å². The first-order chi connectivity index (χ1) is 12.1. The Kier molecular flexibility index (Phi) is 4.27. The molecule has 2 unspecified atom stereocenters. The number of carboxylic acid groups (broad SMARTS) is 1. The van der Waals surface area contributed by atoms with Gasteiger partial charge in [-0.05, 0) is 18.9 Å². The van der Waals surface area contributed by atoms with Crippen molar-refractivity contribution in [2.24, 2.45) is 0 Å². The van der Waals surface area contributed by atoms with Crippen molar-refractivity contribution in [1.82, 2.24) is 24.8 Å². The Hall–Kier alpha value is -2.25. The largest absolute Gasteiger partial charge is 0.476 e. The predicted octanol–water partition coefficient (Wildman–Crippen LogP) is 1.50. The summed E-state index contributed by atoms with van der Waals surface area (Å²) in [6, 6.07) is 12.0. The third kappa shape index (κ3) is 3.29. The summed E-state index contributed by atoms with van der Waals surface area (Å²) in [5.74, 6) is -1.02. The molecule has 2 saturated heterocycles. The Bertz CT molecular complexity index is 741. The van der Waals surface area contributed by atoms with Crippen LogP contribution in [0.25, 0.3) is 0 Å². The highest BCUT2D eigenvalue weighted by Gasteiger charge is 2.39. The molecule has 2 aliphatic rings. The molecule has 3 heterocycles. The Morgan fingerprint density at radius 3 is 2.64 bits per heavy atom. The Morgan fingerprint density at radius 1 is 1.20 bits per heavy atom. The smallest absolute Gasteiger partial charge is 0.358 e. The molecular weight excluding hydrogens is 318 g/mol. The van der Waals surface area contributed by atoms with Crippen LogP contribution >= 0.6 is 0 Å². The van der Waals surface area contributed by atoms with Gasteiger partial charge in [0.15, 0.2) is 5.69 Å². The Labute approximate surface area is 146 Å². The molecular formula is C18H23N5O2. The van der Waals surface area contributed by atoms with Crippen LogP contribution in [0.4, 0.5) is 0 Å². The van der Waals surface area contributed by atoms with Crippen LogP contribution in [0.1, 0.15) is 35.4 Å². The van der Waals surface area contributed by atoms with E-state index in [1.54, 1.807) is 4.68 Å². The molecule has 0 radical (unpaired) electrons. The minimum Gasteiger partial charge on any atom is -0.476 e. The number of likely N-dealkylation sites (tertiary alicyclic amines) is 2. The van der Waals surface area contributed by atoms with Crippen LogP contribution in [0.3, 0.4) is 0 Å². The number of carboxylic acids is 1. The second-order valence-electron chi connectivity index (χ2n) is 7.15. The quantitative estimate of drug-likeness (QED) is 0.888. The van der Waals surface area contributed by atoms with Crippen LogP contribution in [0.5, 0.6) is 0 Å². The standard InChI is InChI=1S/C18H23N5O2/c1-13-7-15(9-21(13)8-14-5-3-2-4-6-14)22-10-16(11-22)23-12-17(18(24)25)19-20-23/h2-6,12-13,15-16H,7-11H2,1H3,(H,24,25). The predicted molar refractivity (Wildman–Crippen MR) is 92.3 cm³/mol. The van der Waals surface area contributed by atoms with Gasteiger partial charge in [0.25, 0.3) is 0 Å². The van der Waals surface area contributed by atoms with Crippen LogP contribution in [-0.2, 0) is 6.54 Å². The maximum Gasteiger partial charge on any atom is 0.358 e. The van der Waals surface area contributed by atoms with Crippen molar-refractivity contribution in [3.63, 3.8) is 0 Å². The number of hydrogen-bond donors (Lipinski definition) is 1. The van der Waals surface area contributed by atoms with E-state index in [0.29, 0.717) is 12.1 Å². The van der Waals surface area contributed by atoms with Gasteiger partial charge in [-0.3, -0.25) is 9.80 Å². The van der Waals surface area contributed by atoms with Gasteiger partial charge in [0.1, 0.15) is 0 Å². The monoisotopic (exact) mass is 341 g/mol. The summed E-state index contributed by atoms with van der Waals surface area (Å²) < 4.78 is 1.69. The number of rotatable bonds is 5. The van der Waals surface area contributed by atoms with Crippen molar-refractivity contribution < 1.29 is 9.90 Å². The fourth-order valence-electron chi connectivity index (χ4n) is 3.88. The van der Waals surface area contributed by atoms with Crippen molar-refractivity contribution in [2.45, 2.75) is 38.0 Å². The van der Waals surface area contributed by atoms with Crippen LogP contribution < -0.4 is 0 Å². The lowest BCUT2D eigenvalue weighted by Gasteiger charge is -2.42. The van der Waals surface area contributed by atoms with Gasteiger partial charge in [-0.25, -0.2) is 9.48 Å². The summed E-state index contributed by atoms with van der Waals surface area (Å²) in [6.45, 7) is 6.22. The van der Waals surface area contributed by atoms with E-state index in [9.17, 15) is 4.79 Å². The molecule has 132 valence electrons. The summed E-state index contributed by atoms with van der Waals surface area (Å²) in [5.41, 5.74) is 1.38. The molecule has 2 aliphatic heterocycles. The SMILES string of the molecule is CC1CC(N2CC(n3cc(C(=O)O)nn3)C2)CN1Cc1ccccc1. The van der Waals surface area contributed by atoms with E-state index in [2.05, 4.69) is 57.4 Å².